The maximum atomic E-state index is 13.2. The lowest BCUT2D eigenvalue weighted by atomic mass is 10.2. The van der Waals surface area contributed by atoms with Gasteiger partial charge in [-0.3, -0.25) is 14.9 Å². The van der Waals surface area contributed by atoms with Gasteiger partial charge in [0, 0.05) is 55.6 Å². The van der Waals surface area contributed by atoms with Crippen molar-refractivity contribution >= 4 is 33.5 Å². The Morgan fingerprint density at radius 2 is 1.78 bits per heavy atom. The number of hydrogen-bond acceptors (Lipinski definition) is 7. The quantitative estimate of drug-likeness (QED) is 0.496. The second-order valence-corrected chi connectivity index (χ2v) is 10.9. The smallest absolute Gasteiger partial charge is 0.253 e. The van der Waals surface area contributed by atoms with Gasteiger partial charge in [0.05, 0.1) is 11.4 Å². The van der Waals surface area contributed by atoms with E-state index >= 15 is 0 Å². The molecule has 2 aliphatic heterocycles. The van der Waals surface area contributed by atoms with Crippen LogP contribution in [0.3, 0.4) is 0 Å². The number of furan rings is 1. The molecular formula is C26H27N5O5S. The van der Waals surface area contributed by atoms with E-state index in [4.69, 9.17) is 4.42 Å². The molecular weight excluding hydrogens is 494 g/mol. The maximum Gasteiger partial charge on any atom is 0.253 e. The molecule has 1 saturated heterocycles. The number of benzene rings is 1. The molecule has 37 heavy (non-hydrogen) atoms. The van der Waals surface area contributed by atoms with Crippen molar-refractivity contribution in [2.45, 2.75) is 24.9 Å². The summed E-state index contributed by atoms with van der Waals surface area (Å²) in [4.78, 5) is 33.1. The van der Waals surface area contributed by atoms with Crippen molar-refractivity contribution < 1.29 is 22.4 Å². The number of sulfonamides is 1. The number of hydrogen-bond donors (Lipinski definition) is 1. The fourth-order valence-electron chi connectivity index (χ4n) is 4.49. The normalized spacial score (nSPS) is 15.9. The maximum absolute atomic E-state index is 13.2. The molecule has 2 aromatic heterocycles. The Bertz CT molecular complexity index is 1430. The van der Waals surface area contributed by atoms with Crippen LogP contribution >= 0.6 is 0 Å². The number of aryl methyl sites for hydroxylation is 1. The van der Waals surface area contributed by atoms with Crippen LogP contribution in [0.5, 0.6) is 0 Å². The van der Waals surface area contributed by atoms with Gasteiger partial charge in [0.2, 0.25) is 15.9 Å². The number of aromatic nitrogens is 1. The van der Waals surface area contributed by atoms with Gasteiger partial charge in [-0.25, -0.2) is 13.4 Å². The standard InChI is InChI=1S/C26H27N5O5S/c1-3-24(32)28-25-15-20-16-31(17-22(20)36-25)37(34,35)21-9-7-19(8-10-21)26(33)30-13-11-29(12-14-30)23-6-4-5-18(2)27-23/h3-10,15H,1,11-14,16-17H2,2H3,(H,28,32). The van der Waals surface area contributed by atoms with Crippen molar-refractivity contribution in [3.05, 3.63) is 83.8 Å². The van der Waals surface area contributed by atoms with E-state index in [2.05, 4.69) is 21.8 Å². The monoisotopic (exact) mass is 521 g/mol. The van der Waals surface area contributed by atoms with Crippen molar-refractivity contribution in [2.24, 2.45) is 0 Å². The lowest BCUT2D eigenvalue weighted by Crippen LogP contribution is -2.49. The van der Waals surface area contributed by atoms with Crippen LogP contribution in [0.2, 0.25) is 0 Å². The highest BCUT2D eigenvalue weighted by atomic mass is 32.2. The molecule has 10 nitrogen and oxygen atoms in total. The molecule has 192 valence electrons. The SMILES string of the molecule is C=CC(=O)Nc1cc2c(o1)CN(S(=O)(=O)c1ccc(C(=O)N3CCN(c4cccc(C)n4)CC3)cc1)C2. The van der Waals surface area contributed by atoms with Gasteiger partial charge in [-0.05, 0) is 49.4 Å². The predicted molar refractivity (Wildman–Crippen MR) is 137 cm³/mol. The Balaban J connectivity index is 1.21. The van der Waals surface area contributed by atoms with E-state index in [0.29, 0.717) is 43.1 Å². The lowest BCUT2D eigenvalue weighted by molar-refractivity contribution is -0.112. The van der Waals surface area contributed by atoms with Crippen LogP contribution in [-0.2, 0) is 27.9 Å². The van der Waals surface area contributed by atoms with Gasteiger partial charge >= 0.3 is 0 Å². The van der Waals surface area contributed by atoms with Gasteiger partial charge in [-0.2, -0.15) is 4.31 Å². The summed E-state index contributed by atoms with van der Waals surface area (Å²) in [7, 11) is -3.79. The van der Waals surface area contributed by atoms with E-state index < -0.39 is 15.9 Å². The molecule has 0 spiro atoms. The van der Waals surface area contributed by atoms with Crippen molar-refractivity contribution in [3.63, 3.8) is 0 Å². The van der Waals surface area contributed by atoms with Crippen LogP contribution in [0.4, 0.5) is 11.7 Å². The number of amides is 2. The molecule has 0 bridgehead atoms. The minimum absolute atomic E-state index is 0.0579. The van der Waals surface area contributed by atoms with Crippen LogP contribution in [-0.4, -0.2) is 60.6 Å². The van der Waals surface area contributed by atoms with E-state index in [-0.39, 0.29) is 29.8 Å². The molecule has 0 saturated carbocycles. The van der Waals surface area contributed by atoms with Crippen molar-refractivity contribution in [1.82, 2.24) is 14.2 Å². The minimum Gasteiger partial charge on any atom is -0.444 e. The summed E-state index contributed by atoms with van der Waals surface area (Å²) in [5, 5.41) is 2.53. The Morgan fingerprint density at radius 3 is 2.43 bits per heavy atom. The highest BCUT2D eigenvalue weighted by Crippen LogP contribution is 2.33. The average molecular weight is 522 g/mol. The predicted octanol–water partition coefficient (Wildman–Crippen LogP) is 2.77. The summed E-state index contributed by atoms with van der Waals surface area (Å²) in [5.74, 6) is 1.11. The molecule has 1 fully saturated rings. The molecule has 0 aliphatic carbocycles. The fourth-order valence-corrected chi connectivity index (χ4v) is 5.86. The van der Waals surface area contributed by atoms with Crippen molar-refractivity contribution in [2.75, 3.05) is 36.4 Å². The van der Waals surface area contributed by atoms with E-state index in [1.165, 1.54) is 16.4 Å². The minimum atomic E-state index is -3.79. The van der Waals surface area contributed by atoms with Gasteiger partial charge in [0.1, 0.15) is 11.6 Å². The first-order valence-electron chi connectivity index (χ1n) is 11.9. The molecule has 4 heterocycles. The topological polar surface area (TPSA) is 116 Å². The van der Waals surface area contributed by atoms with Gasteiger partial charge in [0.25, 0.3) is 5.91 Å². The molecule has 0 atom stereocenters. The third-order valence-corrected chi connectivity index (χ3v) is 8.30. The summed E-state index contributed by atoms with van der Waals surface area (Å²) in [5.41, 5.74) is 2.08. The summed E-state index contributed by atoms with van der Waals surface area (Å²) < 4.78 is 33.2. The molecule has 11 heteroatoms. The Hall–Kier alpha value is -3.96. The van der Waals surface area contributed by atoms with E-state index in [0.717, 1.165) is 17.6 Å². The first-order chi connectivity index (χ1) is 17.7. The number of nitrogens with one attached hydrogen (secondary N) is 1. The van der Waals surface area contributed by atoms with E-state index in [1.807, 2.05) is 25.1 Å². The second kappa shape index (κ2) is 9.83. The third kappa shape index (κ3) is 5.00. The number of carbonyl (C=O) groups is 2. The highest BCUT2D eigenvalue weighted by Gasteiger charge is 2.34. The highest BCUT2D eigenvalue weighted by molar-refractivity contribution is 7.89. The first kappa shape index (κ1) is 24.7. The number of piperazine rings is 1. The Labute approximate surface area is 215 Å². The number of carbonyl (C=O) groups excluding carboxylic acids is 2. The Morgan fingerprint density at radius 1 is 1.05 bits per heavy atom. The zero-order valence-corrected chi connectivity index (χ0v) is 21.2. The molecule has 1 N–H and O–H groups in total. The van der Waals surface area contributed by atoms with Gasteiger partial charge < -0.3 is 14.2 Å². The molecule has 0 unspecified atom stereocenters. The molecule has 3 aromatic rings. The molecule has 5 rings (SSSR count). The zero-order valence-electron chi connectivity index (χ0n) is 20.4. The van der Waals surface area contributed by atoms with Crippen molar-refractivity contribution in [3.8, 4) is 0 Å². The van der Waals surface area contributed by atoms with Crippen LogP contribution in [0.1, 0.15) is 27.4 Å². The lowest BCUT2D eigenvalue weighted by Gasteiger charge is -2.35. The number of nitrogens with zero attached hydrogens (tertiary/aromatic N) is 4. The van der Waals surface area contributed by atoms with Gasteiger partial charge in [-0.1, -0.05) is 12.6 Å². The van der Waals surface area contributed by atoms with Gasteiger partial charge in [0.15, 0.2) is 5.88 Å². The van der Waals surface area contributed by atoms with E-state index in [1.54, 1.807) is 23.1 Å². The summed E-state index contributed by atoms with van der Waals surface area (Å²) in [6.45, 7) is 8.00. The summed E-state index contributed by atoms with van der Waals surface area (Å²) in [6.07, 6.45) is 1.13. The fraction of sp³-hybridized carbons (Fsp3) is 0.269. The molecule has 1 aromatic carbocycles. The third-order valence-electron chi connectivity index (χ3n) is 6.50. The van der Waals surface area contributed by atoms with Gasteiger partial charge in [-0.15, -0.1) is 0 Å². The van der Waals surface area contributed by atoms with E-state index in [9.17, 15) is 18.0 Å². The largest absolute Gasteiger partial charge is 0.444 e. The molecule has 2 aliphatic rings. The number of anilines is 2. The molecule has 0 radical (unpaired) electrons. The number of rotatable bonds is 6. The average Bonchev–Trinajstić information content (AvgIpc) is 3.48. The second-order valence-electron chi connectivity index (χ2n) is 8.97. The number of pyridine rings is 1. The van der Waals surface area contributed by atoms with Crippen molar-refractivity contribution in [1.29, 1.82) is 0 Å². The zero-order chi connectivity index (χ0) is 26.2. The van der Waals surface area contributed by atoms with Crippen LogP contribution in [0.25, 0.3) is 0 Å². The van der Waals surface area contributed by atoms with Crippen LogP contribution < -0.4 is 10.2 Å². The van der Waals surface area contributed by atoms with Crippen LogP contribution in [0.15, 0.2) is 70.5 Å². The Kier molecular flexibility index (Phi) is 6.57. The molecule has 2 amide bonds. The number of fused-ring (bicyclic) bond motifs is 1. The first-order valence-corrected chi connectivity index (χ1v) is 13.3. The summed E-state index contributed by atoms with van der Waals surface area (Å²) in [6, 6.07) is 13.5. The van der Waals surface area contributed by atoms with Crippen LogP contribution in [0, 0.1) is 6.92 Å². The summed E-state index contributed by atoms with van der Waals surface area (Å²) >= 11 is 0.